The van der Waals surface area contributed by atoms with E-state index in [2.05, 4.69) is 10.9 Å². The molecule has 0 aliphatic heterocycles. The van der Waals surface area contributed by atoms with Crippen molar-refractivity contribution >= 4 is 28.7 Å². The van der Waals surface area contributed by atoms with Crippen LogP contribution in [0.15, 0.2) is 72.8 Å². The first-order chi connectivity index (χ1) is 13.5. The molecule has 0 fully saturated rings. The lowest BCUT2D eigenvalue weighted by Gasteiger charge is -2.15. The molecule has 0 unspecified atom stereocenters. The molecule has 28 heavy (non-hydrogen) atoms. The van der Waals surface area contributed by atoms with Gasteiger partial charge in [0.25, 0.3) is 11.8 Å². The summed E-state index contributed by atoms with van der Waals surface area (Å²) in [5.74, 6) is -0.801. The first kappa shape index (κ1) is 19.1. The van der Waals surface area contributed by atoms with Gasteiger partial charge in [0.05, 0.1) is 0 Å². The summed E-state index contributed by atoms with van der Waals surface area (Å²) in [6, 6.07) is 19.1. The number of hydrazine groups is 1. The quantitative estimate of drug-likeness (QED) is 0.527. The molecule has 0 saturated heterocycles. The van der Waals surface area contributed by atoms with E-state index in [4.69, 9.17) is 4.74 Å². The molecule has 3 aromatic rings. The van der Waals surface area contributed by atoms with Gasteiger partial charge >= 0.3 is 0 Å². The minimum Gasteiger partial charge on any atom is -0.481 e. The van der Waals surface area contributed by atoms with Crippen molar-refractivity contribution in [1.82, 2.24) is 10.9 Å². The van der Waals surface area contributed by atoms with Crippen molar-refractivity contribution in [3.05, 3.63) is 84.2 Å². The summed E-state index contributed by atoms with van der Waals surface area (Å²) in [5.41, 5.74) is 5.25. The van der Waals surface area contributed by atoms with Crippen LogP contribution in [0.5, 0.6) is 5.75 Å². The summed E-state index contributed by atoms with van der Waals surface area (Å²) in [6.07, 6.45) is 1.95. The van der Waals surface area contributed by atoms with Gasteiger partial charge in [-0.1, -0.05) is 42.5 Å². The summed E-state index contributed by atoms with van der Waals surface area (Å²) in [7, 11) is 0. The molecule has 0 radical (unpaired) electrons. The average Bonchev–Trinajstić information content (AvgIpc) is 2.71. The summed E-state index contributed by atoms with van der Waals surface area (Å²) in [5, 5.41) is 2.08. The third-order valence-electron chi connectivity index (χ3n) is 4.01. The second kappa shape index (κ2) is 8.81. The predicted molar refractivity (Wildman–Crippen MR) is 106 cm³/mol. The largest absolute Gasteiger partial charge is 0.481 e. The Morgan fingerprint density at radius 1 is 0.964 bits per heavy atom. The third-order valence-corrected chi connectivity index (χ3v) is 4.01. The van der Waals surface area contributed by atoms with Gasteiger partial charge in [-0.25, -0.2) is 4.39 Å². The van der Waals surface area contributed by atoms with Crippen LogP contribution in [0.1, 0.15) is 12.5 Å². The molecular formula is C22H19FN2O3. The van der Waals surface area contributed by atoms with Gasteiger partial charge in [-0.15, -0.1) is 0 Å². The molecule has 1 atom stereocenters. The topological polar surface area (TPSA) is 67.4 Å². The van der Waals surface area contributed by atoms with Crippen LogP contribution in [0.2, 0.25) is 0 Å². The van der Waals surface area contributed by atoms with E-state index in [-0.39, 0.29) is 5.82 Å². The molecule has 2 amide bonds. The van der Waals surface area contributed by atoms with Crippen molar-refractivity contribution in [3.8, 4) is 5.75 Å². The number of carbonyl (C=O) groups is 2. The Balaban J connectivity index is 1.50. The molecule has 6 heteroatoms. The standard InChI is InChI=1S/C22H19FN2O3/c1-15(28-20-12-9-17-4-2-3-5-18(17)14-20)22(27)25-24-21(26)13-8-16-6-10-19(23)11-7-16/h2-15H,1H3,(H,24,26)(H,25,27)/b13-8+/t15-/m0/s1. The van der Waals surface area contributed by atoms with Crippen LogP contribution in [-0.4, -0.2) is 17.9 Å². The molecule has 3 aromatic carbocycles. The second-order valence-corrected chi connectivity index (χ2v) is 6.13. The van der Waals surface area contributed by atoms with Gasteiger partial charge in [-0.05, 0) is 53.6 Å². The Hall–Kier alpha value is -3.67. The fourth-order valence-electron chi connectivity index (χ4n) is 2.51. The highest BCUT2D eigenvalue weighted by molar-refractivity contribution is 5.93. The highest BCUT2D eigenvalue weighted by atomic mass is 19.1. The molecule has 0 spiro atoms. The molecule has 0 aromatic heterocycles. The van der Waals surface area contributed by atoms with Crippen molar-refractivity contribution < 1.29 is 18.7 Å². The zero-order valence-electron chi connectivity index (χ0n) is 15.2. The molecule has 0 aliphatic carbocycles. The Bertz CT molecular complexity index is 1020. The number of hydrogen-bond acceptors (Lipinski definition) is 3. The summed E-state index contributed by atoms with van der Waals surface area (Å²) >= 11 is 0. The second-order valence-electron chi connectivity index (χ2n) is 6.13. The SMILES string of the molecule is C[C@H](Oc1ccc2ccccc2c1)C(=O)NNC(=O)/C=C/c1ccc(F)cc1. The van der Waals surface area contributed by atoms with Crippen molar-refractivity contribution in [2.45, 2.75) is 13.0 Å². The maximum Gasteiger partial charge on any atom is 0.279 e. The minimum absolute atomic E-state index is 0.353. The molecule has 3 rings (SSSR count). The van der Waals surface area contributed by atoms with E-state index >= 15 is 0 Å². The number of nitrogens with one attached hydrogen (secondary N) is 2. The van der Waals surface area contributed by atoms with Gasteiger partial charge < -0.3 is 4.74 Å². The van der Waals surface area contributed by atoms with Crippen LogP contribution in [0.4, 0.5) is 4.39 Å². The first-order valence-electron chi connectivity index (χ1n) is 8.70. The van der Waals surface area contributed by atoms with Gasteiger partial charge in [0, 0.05) is 6.08 Å². The summed E-state index contributed by atoms with van der Waals surface area (Å²) in [4.78, 5) is 23.9. The maximum absolute atomic E-state index is 12.8. The Morgan fingerprint density at radius 2 is 1.68 bits per heavy atom. The van der Waals surface area contributed by atoms with Gasteiger partial charge in [0.15, 0.2) is 6.10 Å². The van der Waals surface area contributed by atoms with Crippen LogP contribution in [-0.2, 0) is 9.59 Å². The number of carbonyl (C=O) groups excluding carboxylic acids is 2. The van der Waals surface area contributed by atoms with E-state index in [1.54, 1.807) is 13.0 Å². The molecule has 2 N–H and O–H groups in total. The zero-order valence-corrected chi connectivity index (χ0v) is 15.2. The fourth-order valence-corrected chi connectivity index (χ4v) is 2.51. The lowest BCUT2D eigenvalue weighted by atomic mass is 10.1. The number of fused-ring (bicyclic) bond motifs is 1. The van der Waals surface area contributed by atoms with Crippen LogP contribution < -0.4 is 15.6 Å². The maximum atomic E-state index is 12.8. The van der Waals surface area contributed by atoms with Crippen LogP contribution in [0, 0.1) is 5.82 Å². The number of ether oxygens (including phenoxy) is 1. The van der Waals surface area contributed by atoms with Gasteiger partial charge in [0.2, 0.25) is 0 Å². The van der Waals surface area contributed by atoms with Crippen molar-refractivity contribution in [2.75, 3.05) is 0 Å². The van der Waals surface area contributed by atoms with E-state index in [9.17, 15) is 14.0 Å². The Morgan fingerprint density at radius 3 is 2.43 bits per heavy atom. The van der Waals surface area contributed by atoms with Crippen LogP contribution in [0.3, 0.4) is 0 Å². The van der Waals surface area contributed by atoms with Crippen LogP contribution in [0.25, 0.3) is 16.8 Å². The fraction of sp³-hybridized carbons (Fsp3) is 0.0909. The Labute approximate surface area is 161 Å². The number of hydrogen-bond donors (Lipinski definition) is 2. The minimum atomic E-state index is -0.803. The molecule has 142 valence electrons. The lowest BCUT2D eigenvalue weighted by Crippen LogP contribution is -2.46. The van der Waals surface area contributed by atoms with E-state index in [0.29, 0.717) is 11.3 Å². The molecular weight excluding hydrogens is 359 g/mol. The van der Waals surface area contributed by atoms with Gasteiger partial charge in [-0.3, -0.25) is 20.4 Å². The number of amides is 2. The summed E-state index contributed by atoms with van der Waals surface area (Å²) < 4.78 is 18.5. The molecule has 0 heterocycles. The van der Waals surface area contributed by atoms with Gasteiger partial charge in [0.1, 0.15) is 11.6 Å². The van der Waals surface area contributed by atoms with E-state index < -0.39 is 17.9 Å². The molecule has 0 aliphatic rings. The summed E-state index contributed by atoms with van der Waals surface area (Å²) in [6.45, 7) is 1.59. The molecule has 0 saturated carbocycles. The zero-order chi connectivity index (χ0) is 19.9. The third kappa shape index (κ3) is 5.17. The highest BCUT2D eigenvalue weighted by Gasteiger charge is 2.15. The Kier molecular flexibility index (Phi) is 6.01. The van der Waals surface area contributed by atoms with Crippen molar-refractivity contribution in [2.24, 2.45) is 0 Å². The van der Waals surface area contributed by atoms with Crippen molar-refractivity contribution in [1.29, 1.82) is 0 Å². The predicted octanol–water partition coefficient (Wildman–Crippen LogP) is 3.61. The van der Waals surface area contributed by atoms with Crippen LogP contribution >= 0.6 is 0 Å². The molecule has 0 bridgehead atoms. The normalized spacial score (nSPS) is 11.9. The highest BCUT2D eigenvalue weighted by Crippen LogP contribution is 2.21. The number of rotatable bonds is 5. The van der Waals surface area contributed by atoms with E-state index in [0.717, 1.165) is 10.8 Å². The van der Waals surface area contributed by atoms with Gasteiger partial charge in [-0.2, -0.15) is 0 Å². The smallest absolute Gasteiger partial charge is 0.279 e. The van der Waals surface area contributed by atoms with Crippen molar-refractivity contribution in [3.63, 3.8) is 0 Å². The lowest BCUT2D eigenvalue weighted by molar-refractivity contribution is -0.131. The van der Waals surface area contributed by atoms with E-state index in [1.165, 1.54) is 36.4 Å². The average molecular weight is 378 g/mol. The number of halogens is 1. The molecule has 5 nitrogen and oxygen atoms in total. The van der Waals surface area contributed by atoms with E-state index in [1.807, 2.05) is 36.4 Å². The first-order valence-corrected chi connectivity index (χ1v) is 8.70. The number of benzene rings is 3. The monoisotopic (exact) mass is 378 g/mol.